The van der Waals surface area contributed by atoms with Crippen LogP contribution in [-0.2, 0) is 9.59 Å². The summed E-state index contributed by atoms with van der Waals surface area (Å²) < 4.78 is 0. The van der Waals surface area contributed by atoms with Gasteiger partial charge in [-0.1, -0.05) is 12.8 Å². The van der Waals surface area contributed by atoms with Crippen molar-refractivity contribution in [2.24, 2.45) is 17.6 Å². The van der Waals surface area contributed by atoms with Crippen molar-refractivity contribution in [3.05, 3.63) is 0 Å². The molecule has 0 bridgehead atoms. The summed E-state index contributed by atoms with van der Waals surface area (Å²) in [6.45, 7) is 3.10. The molecule has 3 rings (SSSR count). The van der Waals surface area contributed by atoms with Crippen LogP contribution in [0.15, 0.2) is 0 Å². The van der Waals surface area contributed by atoms with E-state index in [2.05, 4.69) is 5.32 Å². The molecule has 0 radical (unpaired) electrons. The molecule has 0 aromatic heterocycles. The quantitative estimate of drug-likeness (QED) is 0.801. The highest BCUT2D eigenvalue weighted by Gasteiger charge is 2.44. The predicted octanol–water partition coefficient (Wildman–Crippen LogP) is 1.44. The number of rotatable bonds is 5. The fourth-order valence-electron chi connectivity index (χ4n) is 3.90. The van der Waals surface area contributed by atoms with Gasteiger partial charge in [0, 0.05) is 25.6 Å². The van der Waals surface area contributed by atoms with Gasteiger partial charge < -0.3 is 16.0 Å². The largest absolute Gasteiger partial charge is 0.349 e. The number of amides is 2. The van der Waals surface area contributed by atoms with Crippen molar-refractivity contribution in [1.29, 1.82) is 0 Å². The number of carbonyl (C=O) groups excluding carboxylic acids is 2. The SMILES string of the molecule is CC(CN)(NC(=O)C1CC(=O)N(C2CCCC2)C1)C1CC1.Cl. The van der Waals surface area contributed by atoms with Gasteiger partial charge in [0.15, 0.2) is 0 Å². The molecule has 1 aliphatic heterocycles. The summed E-state index contributed by atoms with van der Waals surface area (Å²) in [4.78, 5) is 26.6. The Morgan fingerprint density at radius 3 is 2.50 bits per heavy atom. The fourth-order valence-corrected chi connectivity index (χ4v) is 3.90. The van der Waals surface area contributed by atoms with Gasteiger partial charge in [-0.15, -0.1) is 12.4 Å². The molecule has 2 atom stereocenters. The Kier molecular flexibility index (Phi) is 5.38. The maximum Gasteiger partial charge on any atom is 0.225 e. The number of nitrogens with zero attached hydrogens (tertiary/aromatic N) is 1. The Bertz CT molecular complexity index is 435. The summed E-state index contributed by atoms with van der Waals surface area (Å²) in [7, 11) is 0. The van der Waals surface area contributed by atoms with Crippen LogP contribution in [0.3, 0.4) is 0 Å². The minimum Gasteiger partial charge on any atom is -0.349 e. The Labute approximate surface area is 138 Å². The second-order valence-electron chi connectivity index (χ2n) is 7.27. The zero-order chi connectivity index (χ0) is 15.0. The van der Waals surface area contributed by atoms with E-state index >= 15 is 0 Å². The van der Waals surface area contributed by atoms with Gasteiger partial charge in [-0.2, -0.15) is 0 Å². The Hall–Kier alpha value is -0.810. The molecule has 3 fully saturated rings. The predicted molar refractivity (Wildman–Crippen MR) is 87.7 cm³/mol. The number of nitrogens with one attached hydrogen (secondary N) is 1. The molecule has 2 saturated carbocycles. The summed E-state index contributed by atoms with van der Waals surface area (Å²) >= 11 is 0. The van der Waals surface area contributed by atoms with Crippen LogP contribution in [0.5, 0.6) is 0 Å². The van der Waals surface area contributed by atoms with Crippen molar-refractivity contribution < 1.29 is 9.59 Å². The van der Waals surface area contributed by atoms with Gasteiger partial charge in [-0.25, -0.2) is 0 Å². The first-order valence-corrected chi connectivity index (χ1v) is 8.35. The molecule has 2 amide bonds. The zero-order valence-electron chi connectivity index (χ0n) is 13.3. The highest BCUT2D eigenvalue weighted by molar-refractivity contribution is 5.89. The number of halogens is 1. The monoisotopic (exact) mass is 329 g/mol. The molecule has 2 unspecified atom stereocenters. The van der Waals surface area contributed by atoms with Gasteiger partial charge in [0.25, 0.3) is 0 Å². The van der Waals surface area contributed by atoms with Crippen LogP contribution in [0.25, 0.3) is 0 Å². The van der Waals surface area contributed by atoms with Gasteiger partial charge in [-0.05, 0) is 38.5 Å². The first-order chi connectivity index (χ1) is 10.0. The molecule has 1 saturated heterocycles. The summed E-state index contributed by atoms with van der Waals surface area (Å²) in [6, 6.07) is 0.375. The van der Waals surface area contributed by atoms with Gasteiger partial charge in [-0.3, -0.25) is 9.59 Å². The van der Waals surface area contributed by atoms with Crippen molar-refractivity contribution in [2.75, 3.05) is 13.1 Å². The third-order valence-corrected chi connectivity index (χ3v) is 5.61. The highest BCUT2D eigenvalue weighted by atomic mass is 35.5. The van der Waals surface area contributed by atoms with Crippen LogP contribution in [0.2, 0.25) is 0 Å². The zero-order valence-corrected chi connectivity index (χ0v) is 14.2. The summed E-state index contributed by atoms with van der Waals surface area (Å²) in [5.41, 5.74) is 5.57. The third kappa shape index (κ3) is 3.40. The van der Waals surface area contributed by atoms with E-state index in [9.17, 15) is 9.59 Å². The van der Waals surface area contributed by atoms with Crippen molar-refractivity contribution >= 4 is 24.2 Å². The topological polar surface area (TPSA) is 75.4 Å². The van der Waals surface area contributed by atoms with E-state index in [0.29, 0.717) is 31.5 Å². The smallest absolute Gasteiger partial charge is 0.225 e. The van der Waals surface area contributed by atoms with Gasteiger partial charge >= 0.3 is 0 Å². The summed E-state index contributed by atoms with van der Waals surface area (Å²) in [5.74, 6) is 0.490. The normalized spacial score (nSPS) is 28.4. The molecule has 1 heterocycles. The molecule has 0 spiro atoms. The second kappa shape index (κ2) is 6.75. The summed E-state index contributed by atoms with van der Waals surface area (Å²) in [5, 5.41) is 3.14. The fraction of sp³-hybridized carbons (Fsp3) is 0.875. The molecule has 0 aromatic rings. The van der Waals surface area contributed by atoms with Crippen LogP contribution in [0, 0.1) is 11.8 Å². The molecular weight excluding hydrogens is 302 g/mol. The molecule has 2 aliphatic carbocycles. The molecule has 22 heavy (non-hydrogen) atoms. The number of nitrogens with two attached hydrogens (primary N) is 1. The van der Waals surface area contributed by atoms with E-state index in [1.54, 1.807) is 0 Å². The average Bonchev–Trinajstić information content (AvgIpc) is 3.05. The Morgan fingerprint density at radius 2 is 1.95 bits per heavy atom. The molecule has 5 nitrogen and oxygen atoms in total. The molecule has 3 aliphatic rings. The lowest BCUT2D eigenvalue weighted by atomic mass is 9.94. The Balaban J connectivity index is 0.00000176. The van der Waals surface area contributed by atoms with Crippen molar-refractivity contribution in [2.45, 2.75) is 63.5 Å². The molecule has 126 valence electrons. The molecular formula is C16H28ClN3O2. The van der Waals surface area contributed by atoms with Gasteiger partial charge in [0.1, 0.15) is 0 Å². The summed E-state index contributed by atoms with van der Waals surface area (Å²) in [6.07, 6.45) is 7.27. The third-order valence-electron chi connectivity index (χ3n) is 5.61. The lowest BCUT2D eigenvalue weighted by molar-refractivity contribution is -0.130. The van der Waals surface area contributed by atoms with Crippen LogP contribution in [-0.4, -0.2) is 41.4 Å². The van der Waals surface area contributed by atoms with E-state index in [4.69, 9.17) is 5.73 Å². The van der Waals surface area contributed by atoms with Crippen LogP contribution >= 0.6 is 12.4 Å². The number of hydrogen-bond donors (Lipinski definition) is 2. The minimum atomic E-state index is -0.291. The average molecular weight is 330 g/mol. The molecule has 0 aromatic carbocycles. The van der Waals surface area contributed by atoms with Crippen molar-refractivity contribution in [3.63, 3.8) is 0 Å². The highest BCUT2D eigenvalue weighted by Crippen LogP contribution is 2.39. The first kappa shape index (κ1) is 17.5. The van der Waals surface area contributed by atoms with Gasteiger partial charge in [0.2, 0.25) is 11.8 Å². The van der Waals surface area contributed by atoms with E-state index in [1.165, 1.54) is 12.8 Å². The van der Waals surface area contributed by atoms with Crippen LogP contribution < -0.4 is 11.1 Å². The van der Waals surface area contributed by atoms with Crippen molar-refractivity contribution in [1.82, 2.24) is 10.2 Å². The molecule has 6 heteroatoms. The number of carbonyl (C=O) groups is 2. The molecule has 3 N–H and O–H groups in total. The van der Waals surface area contributed by atoms with Crippen LogP contribution in [0.4, 0.5) is 0 Å². The van der Waals surface area contributed by atoms with Crippen LogP contribution in [0.1, 0.15) is 51.9 Å². The van der Waals surface area contributed by atoms with E-state index in [0.717, 1.165) is 25.7 Å². The number of hydrogen-bond acceptors (Lipinski definition) is 3. The van der Waals surface area contributed by atoms with E-state index in [1.807, 2.05) is 11.8 Å². The minimum absolute atomic E-state index is 0. The maximum atomic E-state index is 12.5. The lowest BCUT2D eigenvalue weighted by Gasteiger charge is -2.31. The second-order valence-corrected chi connectivity index (χ2v) is 7.27. The first-order valence-electron chi connectivity index (χ1n) is 8.35. The van der Waals surface area contributed by atoms with Gasteiger partial charge in [0.05, 0.1) is 11.5 Å². The number of likely N-dealkylation sites (tertiary alicyclic amines) is 1. The lowest BCUT2D eigenvalue weighted by Crippen LogP contribution is -2.55. The standard InChI is InChI=1S/C16H27N3O2.ClH/c1-16(10-17,12-6-7-12)18-15(21)11-8-14(20)19(9-11)13-4-2-3-5-13;/h11-13H,2-10,17H2,1H3,(H,18,21);1H. The van der Waals surface area contributed by atoms with Crippen molar-refractivity contribution in [3.8, 4) is 0 Å². The Morgan fingerprint density at radius 1 is 1.32 bits per heavy atom. The maximum absolute atomic E-state index is 12.5. The van der Waals surface area contributed by atoms with E-state index in [-0.39, 0.29) is 35.7 Å². The van der Waals surface area contributed by atoms with E-state index < -0.39 is 0 Å².